The number of nitrogens with two attached hydrogens (primary N) is 1. The molecule has 7 nitrogen and oxygen atoms in total. The quantitative estimate of drug-likeness (QED) is 0.225. The number of hydroxylamine groups is 1. The zero-order chi connectivity index (χ0) is 21.6. The van der Waals surface area contributed by atoms with Gasteiger partial charge in [-0.15, -0.1) is 0 Å². The van der Waals surface area contributed by atoms with Gasteiger partial charge in [-0.1, -0.05) is 11.8 Å². The molecule has 2 rings (SSSR count). The molecule has 152 valence electrons. The first-order valence-electron chi connectivity index (χ1n) is 8.09. The van der Waals surface area contributed by atoms with Crippen LogP contribution in [0.2, 0.25) is 0 Å². The van der Waals surface area contributed by atoms with E-state index in [4.69, 9.17) is 10.9 Å². The Kier molecular flexibility index (Phi) is 6.82. The molecular formula is C19H16F3N3O4. The van der Waals surface area contributed by atoms with Crippen molar-refractivity contribution in [2.45, 2.75) is 18.3 Å². The summed E-state index contributed by atoms with van der Waals surface area (Å²) in [6, 6.07) is 9.88. The highest BCUT2D eigenvalue weighted by Gasteiger charge is 2.47. The maximum atomic E-state index is 12.7. The van der Waals surface area contributed by atoms with Crippen molar-refractivity contribution in [3.8, 4) is 11.8 Å². The number of aliphatic hydroxyl groups excluding tert-OH is 1. The van der Waals surface area contributed by atoms with E-state index in [-0.39, 0.29) is 5.56 Å². The van der Waals surface area contributed by atoms with Gasteiger partial charge < -0.3 is 16.2 Å². The van der Waals surface area contributed by atoms with E-state index in [2.05, 4.69) is 11.8 Å². The largest absolute Gasteiger partial charge is 0.416 e. The van der Waals surface area contributed by atoms with Gasteiger partial charge in [-0.3, -0.25) is 14.8 Å². The van der Waals surface area contributed by atoms with E-state index in [0.717, 1.165) is 5.48 Å². The normalized spacial score (nSPS) is 12.9. The number of nitrogens with one attached hydrogen (secondary N) is 2. The van der Waals surface area contributed by atoms with Gasteiger partial charge >= 0.3 is 6.18 Å². The van der Waals surface area contributed by atoms with E-state index >= 15 is 0 Å². The third-order valence-corrected chi connectivity index (χ3v) is 3.74. The van der Waals surface area contributed by atoms with Crippen molar-refractivity contribution in [2.24, 2.45) is 0 Å². The molecule has 0 fully saturated rings. The van der Waals surface area contributed by atoms with Crippen LogP contribution in [0.4, 0.5) is 18.9 Å². The van der Waals surface area contributed by atoms with Gasteiger partial charge in [0.2, 0.25) is 0 Å². The molecule has 10 heteroatoms. The molecule has 0 aliphatic heterocycles. The van der Waals surface area contributed by atoms with E-state index in [9.17, 15) is 27.9 Å². The number of hydrogen-bond acceptors (Lipinski definition) is 5. The Balaban J connectivity index is 2.13. The minimum atomic E-state index is -5.19. The lowest BCUT2D eigenvalue weighted by Crippen LogP contribution is -2.57. The lowest BCUT2D eigenvalue weighted by atomic mass is 10.1. The van der Waals surface area contributed by atoms with Gasteiger partial charge in [0.05, 0.1) is 0 Å². The first-order chi connectivity index (χ1) is 13.6. The van der Waals surface area contributed by atoms with Crippen molar-refractivity contribution in [3.63, 3.8) is 0 Å². The zero-order valence-corrected chi connectivity index (χ0v) is 14.7. The first kappa shape index (κ1) is 21.7. The van der Waals surface area contributed by atoms with Crippen molar-refractivity contribution in [2.75, 3.05) is 5.73 Å². The van der Waals surface area contributed by atoms with Crippen LogP contribution in [0.25, 0.3) is 0 Å². The van der Waals surface area contributed by atoms with Crippen LogP contribution < -0.4 is 16.5 Å². The molecule has 2 aromatic carbocycles. The molecule has 0 aliphatic rings. The fourth-order valence-corrected chi connectivity index (χ4v) is 2.19. The molecule has 2 unspecified atom stereocenters. The van der Waals surface area contributed by atoms with Crippen LogP contribution in [-0.4, -0.2) is 40.5 Å². The maximum absolute atomic E-state index is 12.7. The number of anilines is 1. The number of carbonyl (C=O) groups is 2. The molecule has 0 saturated heterocycles. The molecule has 0 aliphatic carbocycles. The summed E-state index contributed by atoms with van der Waals surface area (Å²) in [5, 5.41) is 19.5. The number of nitrogen functional groups attached to an aromatic ring is 1. The van der Waals surface area contributed by atoms with E-state index in [0.29, 0.717) is 16.8 Å². The van der Waals surface area contributed by atoms with Crippen LogP contribution in [0.5, 0.6) is 0 Å². The number of aliphatic hydroxyl groups is 1. The number of alkyl halides is 3. The SMILES string of the molecule is Nc1ccc(C#Cc2ccc(C(=O)NC(C(=O)NO)C(O)C(F)(F)F)cc2)cc1. The average molecular weight is 407 g/mol. The molecule has 6 N–H and O–H groups in total. The van der Waals surface area contributed by atoms with Crippen LogP contribution in [0.15, 0.2) is 48.5 Å². The Morgan fingerprint density at radius 2 is 1.45 bits per heavy atom. The van der Waals surface area contributed by atoms with Crippen molar-refractivity contribution in [1.29, 1.82) is 0 Å². The summed E-state index contributed by atoms with van der Waals surface area (Å²) in [7, 11) is 0. The lowest BCUT2D eigenvalue weighted by molar-refractivity contribution is -0.212. The van der Waals surface area contributed by atoms with Crippen LogP contribution >= 0.6 is 0 Å². The van der Waals surface area contributed by atoms with E-state index in [1.165, 1.54) is 24.3 Å². The second-order valence-electron chi connectivity index (χ2n) is 5.86. The summed E-state index contributed by atoms with van der Waals surface area (Å²) in [5.74, 6) is 3.05. The molecule has 29 heavy (non-hydrogen) atoms. The number of carbonyl (C=O) groups excluding carboxylic acids is 2. The summed E-state index contributed by atoms with van der Waals surface area (Å²) < 4.78 is 38.0. The number of hydrogen-bond donors (Lipinski definition) is 5. The molecule has 0 radical (unpaired) electrons. The third kappa shape index (κ3) is 5.97. The Hall–Kier alpha value is -3.55. The maximum Gasteiger partial charge on any atom is 0.416 e. The zero-order valence-electron chi connectivity index (χ0n) is 14.7. The smallest absolute Gasteiger partial charge is 0.399 e. The molecule has 0 aromatic heterocycles. The van der Waals surface area contributed by atoms with Crippen molar-refractivity contribution >= 4 is 17.5 Å². The molecule has 0 saturated carbocycles. The summed E-state index contributed by atoms with van der Waals surface area (Å²) in [5.41, 5.74) is 8.31. The van der Waals surface area contributed by atoms with Crippen LogP contribution in [-0.2, 0) is 4.79 Å². The van der Waals surface area contributed by atoms with Gasteiger partial charge in [0.1, 0.15) is 6.04 Å². The molecule has 2 amide bonds. The van der Waals surface area contributed by atoms with E-state index < -0.39 is 30.1 Å². The average Bonchev–Trinajstić information content (AvgIpc) is 2.70. The highest BCUT2D eigenvalue weighted by Crippen LogP contribution is 2.23. The highest BCUT2D eigenvalue weighted by molar-refractivity contribution is 5.97. The third-order valence-electron chi connectivity index (χ3n) is 3.74. The Bertz CT molecular complexity index is 932. The molecule has 0 bridgehead atoms. The van der Waals surface area contributed by atoms with Gasteiger partial charge in [-0.25, -0.2) is 5.48 Å². The van der Waals surface area contributed by atoms with Gasteiger partial charge in [0, 0.05) is 22.4 Å². The van der Waals surface area contributed by atoms with Gasteiger partial charge in [-0.2, -0.15) is 13.2 Å². The van der Waals surface area contributed by atoms with Crippen LogP contribution in [0.1, 0.15) is 21.5 Å². The van der Waals surface area contributed by atoms with E-state index in [1.54, 1.807) is 29.6 Å². The standard InChI is InChI=1S/C19H16F3N3O4/c20-19(21,22)16(26)15(18(28)25-29)24-17(27)13-7-3-11(4-8-13)1-2-12-5-9-14(23)10-6-12/h3-10,15-16,26,29H,23H2,(H,24,27)(H,25,28). The van der Waals surface area contributed by atoms with Gasteiger partial charge in [-0.05, 0) is 48.5 Å². The van der Waals surface area contributed by atoms with Crippen molar-refractivity contribution < 1.29 is 33.1 Å². The predicted molar refractivity (Wildman–Crippen MR) is 96.5 cm³/mol. The first-order valence-corrected chi connectivity index (χ1v) is 8.09. The Morgan fingerprint density at radius 3 is 1.90 bits per heavy atom. The highest BCUT2D eigenvalue weighted by atomic mass is 19.4. The lowest BCUT2D eigenvalue weighted by Gasteiger charge is -2.24. The van der Waals surface area contributed by atoms with Gasteiger partial charge in [0.15, 0.2) is 6.10 Å². The minimum absolute atomic E-state index is 0.0758. The summed E-state index contributed by atoms with van der Waals surface area (Å²) >= 11 is 0. The number of rotatable bonds is 4. The topological polar surface area (TPSA) is 125 Å². The summed E-state index contributed by atoms with van der Waals surface area (Å²) in [6.45, 7) is 0. The molecule has 0 heterocycles. The second kappa shape index (κ2) is 9.09. The summed E-state index contributed by atoms with van der Waals surface area (Å²) in [6.07, 6.45) is -8.39. The number of halogens is 3. The fourth-order valence-electron chi connectivity index (χ4n) is 2.19. The van der Waals surface area contributed by atoms with Crippen LogP contribution in [0, 0.1) is 11.8 Å². The second-order valence-corrected chi connectivity index (χ2v) is 5.86. The fraction of sp³-hybridized carbons (Fsp3) is 0.158. The van der Waals surface area contributed by atoms with E-state index in [1.807, 2.05) is 0 Å². The predicted octanol–water partition coefficient (Wildman–Crippen LogP) is 1.20. The van der Waals surface area contributed by atoms with Crippen LogP contribution in [0.3, 0.4) is 0 Å². The summed E-state index contributed by atoms with van der Waals surface area (Å²) in [4.78, 5) is 23.5. The molecular weight excluding hydrogens is 391 g/mol. The van der Waals surface area contributed by atoms with Crippen molar-refractivity contribution in [1.82, 2.24) is 10.8 Å². The Labute approximate surface area is 163 Å². The minimum Gasteiger partial charge on any atom is -0.399 e. The van der Waals surface area contributed by atoms with Crippen molar-refractivity contribution in [3.05, 3.63) is 65.2 Å². The number of amides is 2. The monoisotopic (exact) mass is 407 g/mol. The molecule has 0 spiro atoms. The van der Waals surface area contributed by atoms with Gasteiger partial charge in [0.25, 0.3) is 11.8 Å². The Morgan fingerprint density at radius 1 is 0.966 bits per heavy atom. The number of benzene rings is 2. The molecule has 2 aromatic rings. The molecule has 2 atom stereocenters.